The first-order chi connectivity index (χ1) is 71.5. The summed E-state index contributed by atoms with van der Waals surface area (Å²) in [5.41, 5.74) is 19.2. The van der Waals surface area contributed by atoms with Crippen LogP contribution in [0.3, 0.4) is 0 Å². The Hall–Kier alpha value is -16.2. The molecule has 1 heterocycles. The maximum Gasteiger partial charge on any atom is 0.340 e. The van der Waals surface area contributed by atoms with Crippen molar-refractivity contribution in [1.29, 1.82) is 0 Å². The standard InChI is InChI=1S/C25H18O2.C23H32O2.C21H16O3.C21H26O2.C18H20O2.C12H10O3.C12H10O2S/c26-19-13-9-17(10-14-19)25(18-11-15-20(27)16-12-18)23-7-3-1-5-21(23)22-6-2-4-8-24(22)25;1-7-15(3)19-13-17(9-11-21(19)24)23(5,6)18-10-12-22(25)20(14-18)16(4)8-2;1-14-6-8-15(9-7-14)21(16-10-12-17(22)13-11-16)19-5-3-2-4-18(19)20(23)24-21;1-15-12-20(2,3)14-21(13-15,16-4-8-18(22)9-5-16)17-6-10-19(23)11-7-17;19-16-8-4-14(5-9-16)18(12-2-1-3-13-18)15-6-10-17(20)11-7-15;2*13-9-1-5-11(6-2-9)15-12-7-3-10(14)4-8-12/h1-16,26-27H;9-16,24-25H,7-8H2,1-6H3;2-13,22H,1H3;4-11,15,22-23H,12-14H2,1-3H3;4-11,19-20H,1-3,12-13H2;2*1-8,13-14H. The summed E-state index contributed by atoms with van der Waals surface area (Å²) in [6.07, 6.45) is 11.4. The fourth-order valence-electron chi connectivity index (χ4n) is 21.6. The molecule has 0 saturated heterocycles. The molecule has 4 aliphatic rings. The minimum Gasteiger partial charge on any atom is -0.508 e. The number of aryl methyl sites for hydroxylation is 1. The van der Waals surface area contributed by atoms with E-state index in [2.05, 4.69) is 147 Å². The van der Waals surface area contributed by atoms with Crippen molar-refractivity contribution in [3.05, 3.63) is 495 Å². The molecule has 0 amide bonds. The van der Waals surface area contributed by atoms with E-state index in [9.17, 15) is 50.8 Å². The van der Waals surface area contributed by atoms with Crippen molar-refractivity contribution in [1.82, 2.24) is 0 Å². The first-order valence-corrected chi connectivity index (χ1v) is 51.7. The summed E-state index contributed by atoms with van der Waals surface area (Å²) >= 11 is 1.58. The molecule has 149 heavy (non-hydrogen) atoms. The van der Waals surface area contributed by atoms with Gasteiger partial charge >= 0.3 is 5.97 Å². The van der Waals surface area contributed by atoms with Gasteiger partial charge in [0.2, 0.25) is 0 Å². The topological polar surface area (TPSA) is 299 Å². The van der Waals surface area contributed by atoms with Crippen LogP contribution in [0.2, 0.25) is 0 Å². The highest BCUT2D eigenvalue weighted by atomic mass is 32.2. The number of phenols is 13. The number of ether oxygens (including phenoxy) is 2. The summed E-state index contributed by atoms with van der Waals surface area (Å²) in [5, 5.41) is 125. The van der Waals surface area contributed by atoms with Crippen LogP contribution in [0.15, 0.2) is 410 Å². The number of carbonyl (C=O) groups excluding carboxylic acids is 1. The first kappa shape index (κ1) is 107. The Morgan fingerprint density at radius 1 is 0.342 bits per heavy atom. The van der Waals surface area contributed by atoms with Crippen LogP contribution in [0.25, 0.3) is 11.1 Å². The molecule has 4 unspecified atom stereocenters. The number of carbonyl (C=O) groups is 1. The van der Waals surface area contributed by atoms with E-state index < -0.39 is 11.0 Å². The second-order valence-electron chi connectivity index (χ2n) is 40.7. The SMILES string of the molecule is CC1CC(C)(C)CC(c2ccc(O)cc2)(c2ccc(O)cc2)C1.CCC(C)c1cc(C(C)(C)c2ccc(O)c(C(C)CC)c2)ccc1O.Cc1ccc(C2(c3ccc(O)cc3)OC(=O)c3ccccc32)cc1.Oc1ccc(C2(c3ccc(O)cc3)CCCCC2)cc1.Oc1ccc(C2(c3ccc(O)cc3)c3ccccc3-c3ccccc32)cc1.Oc1ccc(Oc2ccc(O)cc2)cc1.Oc1ccc(Sc2ccc(O)cc2)cc1. The highest BCUT2D eigenvalue weighted by molar-refractivity contribution is 7.99. The normalized spacial score (nSPS) is 15.9. The van der Waals surface area contributed by atoms with Crippen LogP contribution >= 0.6 is 11.8 Å². The molecule has 17 aromatic rings. The van der Waals surface area contributed by atoms with Gasteiger partial charge in [-0.1, -0.05) is 299 Å². The molecule has 0 aromatic heterocycles. The van der Waals surface area contributed by atoms with Gasteiger partial charge in [0, 0.05) is 42.7 Å². The predicted molar refractivity (Wildman–Crippen MR) is 594 cm³/mol. The van der Waals surface area contributed by atoms with E-state index in [4.69, 9.17) is 29.9 Å². The number of fused-ring (bicyclic) bond motifs is 4. The van der Waals surface area contributed by atoms with E-state index in [1.807, 2.05) is 146 Å². The van der Waals surface area contributed by atoms with Crippen molar-refractivity contribution >= 4 is 17.7 Å². The molecule has 21 rings (SSSR count). The van der Waals surface area contributed by atoms with E-state index in [1.165, 1.54) is 81.3 Å². The molecule has 0 bridgehead atoms. The molecule has 2 fully saturated rings. The lowest BCUT2D eigenvalue weighted by molar-refractivity contribution is 0.0251. The monoisotopic (exact) mass is 2000 g/mol. The molecule has 17 aromatic carbocycles. The molecular weight excluding hydrogens is 1870 g/mol. The molecule has 0 radical (unpaired) electrons. The highest BCUT2D eigenvalue weighted by Crippen LogP contribution is 2.59. The molecule has 762 valence electrons. The highest BCUT2D eigenvalue weighted by Gasteiger charge is 2.50. The molecule has 4 atom stereocenters. The molecule has 1 aliphatic heterocycles. The summed E-state index contributed by atoms with van der Waals surface area (Å²) in [6, 6.07) is 123. The summed E-state index contributed by atoms with van der Waals surface area (Å²) in [6.45, 7) is 22.0. The lowest BCUT2D eigenvalue weighted by atomic mass is 9.55. The fourth-order valence-corrected chi connectivity index (χ4v) is 22.4. The quantitative estimate of drug-likeness (QED) is 0.0355. The van der Waals surface area contributed by atoms with Crippen LogP contribution in [-0.4, -0.2) is 72.4 Å². The predicted octanol–water partition coefficient (Wildman–Crippen LogP) is 31.8. The number of cyclic esters (lactones) is 1. The number of esters is 1. The molecule has 3 aliphatic carbocycles. The number of hydrogen-bond donors (Lipinski definition) is 13. The number of phenolic OH excluding ortho intramolecular Hbond substituents is 13. The van der Waals surface area contributed by atoms with E-state index in [0.29, 0.717) is 69.3 Å². The van der Waals surface area contributed by atoms with Crippen LogP contribution in [0.1, 0.15) is 238 Å². The van der Waals surface area contributed by atoms with Gasteiger partial charge in [0.05, 0.1) is 11.0 Å². The lowest BCUT2D eigenvalue weighted by Gasteiger charge is -2.48. The molecule has 13 N–H and O–H groups in total. The van der Waals surface area contributed by atoms with Crippen molar-refractivity contribution in [2.75, 3.05) is 0 Å². The van der Waals surface area contributed by atoms with Gasteiger partial charge in [-0.15, -0.1) is 0 Å². The third-order valence-corrected chi connectivity index (χ3v) is 30.4. The van der Waals surface area contributed by atoms with E-state index in [0.717, 1.165) is 92.8 Å². The van der Waals surface area contributed by atoms with Gasteiger partial charge in [0.25, 0.3) is 0 Å². The second-order valence-corrected chi connectivity index (χ2v) is 41.8. The number of rotatable bonds is 18. The average molecular weight is 2010 g/mol. The Morgan fingerprint density at radius 2 is 0.638 bits per heavy atom. The first-order valence-electron chi connectivity index (χ1n) is 50.9. The van der Waals surface area contributed by atoms with Crippen LogP contribution in [-0.2, 0) is 32.0 Å². The van der Waals surface area contributed by atoms with Gasteiger partial charge < -0.3 is 75.9 Å². The Labute approximate surface area is 878 Å². The van der Waals surface area contributed by atoms with Crippen molar-refractivity contribution in [3.8, 4) is 97.4 Å². The maximum absolute atomic E-state index is 12.5. The van der Waals surface area contributed by atoms with Gasteiger partial charge in [-0.2, -0.15) is 0 Å². The summed E-state index contributed by atoms with van der Waals surface area (Å²) in [7, 11) is 0. The van der Waals surface area contributed by atoms with Crippen LogP contribution in [0, 0.1) is 18.3 Å². The van der Waals surface area contributed by atoms with Crippen molar-refractivity contribution in [2.24, 2.45) is 11.3 Å². The molecule has 0 spiro atoms. The minimum atomic E-state index is -0.991. The zero-order chi connectivity index (χ0) is 106. The smallest absolute Gasteiger partial charge is 0.340 e. The van der Waals surface area contributed by atoms with Crippen molar-refractivity contribution in [2.45, 2.75) is 182 Å². The Kier molecular flexibility index (Phi) is 33.8. The van der Waals surface area contributed by atoms with E-state index >= 15 is 0 Å². The maximum atomic E-state index is 12.5. The van der Waals surface area contributed by atoms with Crippen LogP contribution in [0.5, 0.6) is 86.2 Å². The van der Waals surface area contributed by atoms with E-state index in [1.54, 1.807) is 188 Å². The number of benzene rings is 17. The van der Waals surface area contributed by atoms with Gasteiger partial charge in [0.15, 0.2) is 5.60 Å². The van der Waals surface area contributed by atoms with Gasteiger partial charge in [0.1, 0.15) is 86.2 Å². The van der Waals surface area contributed by atoms with Crippen molar-refractivity contribution in [3.63, 3.8) is 0 Å². The summed E-state index contributed by atoms with van der Waals surface area (Å²) < 4.78 is 11.4. The molecule has 2 saturated carbocycles. The van der Waals surface area contributed by atoms with Gasteiger partial charge in [-0.3, -0.25) is 0 Å². The van der Waals surface area contributed by atoms with Crippen molar-refractivity contribution < 1.29 is 80.7 Å². The third kappa shape index (κ3) is 24.7. The van der Waals surface area contributed by atoms with Crippen LogP contribution < -0.4 is 4.74 Å². The lowest BCUT2D eigenvalue weighted by Crippen LogP contribution is -2.41. The van der Waals surface area contributed by atoms with Gasteiger partial charge in [-0.25, -0.2) is 4.79 Å². The average Bonchev–Trinajstić information content (AvgIpc) is 1.54. The van der Waals surface area contributed by atoms with Gasteiger partial charge in [-0.05, 0) is 353 Å². The second kappa shape index (κ2) is 47.1. The Bertz CT molecular complexity index is 6820. The van der Waals surface area contributed by atoms with Crippen LogP contribution in [0.4, 0.5) is 0 Å². The number of aromatic hydroxyl groups is 13. The Balaban J connectivity index is 0.000000131. The van der Waals surface area contributed by atoms with E-state index in [-0.39, 0.29) is 67.9 Å². The minimum absolute atomic E-state index is 0.0274. The third-order valence-electron chi connectivity index (χ3n) is 29.4. The Morgan fingerprint density at radius 3 is 0.980 bits per heavy atom. The summed E-state index contributed by atoms with van der Waals surface area (Å²) in [4.78, 5) is 14.6. The summed E-state index contributed by atoms with van der Waals surface area (Å²) in [5.74, 6) is 5.81. The molecular formula is C132H132O16S. The zero-order valence-corrected chi connectivity index (χ0v) is 86.7. The number of hydrogen-bond acceptors (Lipinski definition) is 17. The molecule has 17 heteroatoms. The zero-order valence-electron chi connectivity index (χ0n) is 85.9. The largest absolute Gasteiger partial charge is 0.508 e. The molecule has 16 nitrogen and oxygen atoms in total. The fraction of sp³-hybridized carbons (Fsp3) is 0.220.